The van der Waals surface area contributed by atoms with Crippen molar-refractivity contribution in [1.29, 1.82) is 0 Å². The summed E-state index contributed by atoms with van der Waals surface area (Å²) in [6.45, 7) is 3.43. The molecular weight excluding hydrogens is 400 g/mol. The number of hydrogen-bond acceptors (Lipinski definition) is 3. The Hall–Kier alpha value is -0.440. The number of hydrogen-bond donors (Lipinski definition) is 2. The molecule has 1 aromatic carbocycles. The van der Waals surface area contributed by atoms with Crippen LogP contribution in [0.15, 0.2) is 32.0 Å². The molecule has 0 spiro atoms. The summed E-state index contributed by atoms with van der Waals surface area (Å²) in [4.78, 5) is 11.3. The van der Waals surface area contributed by atoms with Gasteiger partial charge >= 0.3 is 0 Å². The average molecular weight is 414 g/mol. The van der Waals surface area contributed by atoms with Crippen molar-refractivity contribution in [2.45, 2.75) is 24.8 Å². The van der Waals surface area contributed by atoms with E-state index in [-0.39, 0.29) is 10.8 Å². The predicted molar refractivity (Wildman–Crippen MR) is 80.0 cm³/mol. The van der Waals surface area contributed by atoms with Gasteiger partial charge in [-0.25, -0.2) is 8.42 Å². The molecule has 106 valence electrons. The lowest BCUT2D eigenvalue weighted by atomic mass is 10.1. The van der Waals surface area contributed by atoms with Crippen LogP contribution in [0.3, 0.4) is 0 Å². The second-order valence-electron chi connectivity index (χ2n) is 4.32. The number of sulfonamides is 1. The maximum Gasteiger partial charge on any atom is 0.242 e. The van der Waals surface area contributed by atoms with Gasteiger partial charge in [0.25, 0.3) is 0 Å². The van der Waals surface area contributed by atoms with Gasteiger partial charge in [0.15, 0.2) is 0 Å². The molecule has 1 rings (SSSR count). The van der Waals surface area contributed by atoms with E-state index in [1.54, 1.807) is 26.0 Å². The summed E-state index contributed by atoms with van der Waals surface area (Å²) in [5.74, 6) is -0.937. The Morgan fingerprint density at radius 1 is 1.32 bits per heavy atom. The number of primary amides is 1. The summed E-state index contributed by atoms with van der Waals surface area (Å²) in [5.41, 5.74) is 5.20. The largest absolute Gasteiger partial charge is 0.368 e. The highest BCUT2D eigenvalue weighted by atomic mass is 79.9. The fourth-order valence-electron chi connectivity index (χ4n) is 1.45. The molecule has 1 amide bonds. The molecule has 0 fully saturated rings. The monoisotopic (exact) mass is 412 g/mol. The topological polar surface area (TPSA) is 89.3 Å². The summed E-state index contributed by atoms with van der Waals surface area (Å²) in [6, 6.07) is 3.71. The van der Waals surface area contributed by atoms with E-state index in [0.717, 1.165) is 4.47 Å². The first-order valence-corrected chi connectivity index (χ1v) is 8.48. The molecule has 0 aromatic heterocycles. The fourth-order valence-corrected chi connectivity index (χ4v) is 4.55. The Kier molecular flexibility index (Phi) is 5.54. The standard InChI is InChI=1S/C11H14Br2N2O3S/c1-6(2)10(11(14)16)15-19(17,18)9-4-3-7(12)5-8(9)13/h3-6,10,15H,1-2H3,(H2,14,16). The normalized spacial score (nSPS) is 13.5. The predicted octanol–water partition coefficient (Wildman–Crippen LogP) is 2.00. The van der Waals surface area contributed by atoms with E-state index < -0.39 is 22.0 Å². The van der Waals surface area contributed by atoms with Gasteiger partial charge in [-0.05, 0) is 40.0 Å². The van der Waals surface area contributed by atoms with Gasteiger partial charge in [-0.3, -0.25) is 4.79 Å². The first-order valence-electron chi connectivity index (χ1n) is 5.42. The van der Waals surface area contributed by atoms with Gasteiger partial charge < -0.3 is 5.73 Å². The maximum atomic E-state index is 12.2. The van der Waals surface area contributed by atoms with E-state index in [0.29, 0.717) is 4.47 Å². The number of halogens is 2. The third kappa shape index (κ3) is 4.27. The lowest BCUT2D eigenvalue weighted by Gasteiger charge is -2.19. The third-order valence-corrected chi connectivity index (χ3v) is 5.35. The van der Waals surface area contributed by atoms with Crippen LogP contribution in [0.4, 0.5) is 0 Å². The number of carbonyl (C=O) groups is 1. The first kappa shape index (κ1) is 16.6. The van der Waals surface area contributed by atoms with Crippen molar-refractivity contribution in [2.24, 2.45) is 11.7 Å². The molecule has 0 saturated carbocycles. The minimum absolute atomic E-state index is 0.0580. The quantitative estimate of drug-likeness (QED) is 0.773. The second-order valence-corrected chi connectivity index (χ2v) is 7.77. The van der Waals surface area contributed by atoms with Crippen LogP contribution in [0, 0.1) is 5.92 Å². The van der Waals surface area contributed by atoms with Crippen LogP contribution < -0.4 is 10.5 Å². The van der Waals surface area contributed by atoms with Gasteiger partial charge in [0.2, 0.25) is 15.9 Å². The van der Waals surface area contributed by atoms with Gasteiger partial charge in [0, 0.05) is 8.95 Å². The molecule has 0 aliphatic heterocycles. The van der Waals surface area contributed by atoms with Crippen LogP contribution in [0.25, 0.3) is 0 Å². The van der Waals surface area contributed by atoms with Gasteiger partial charge in [-0.1, -0.05) is 29.8 Å². The SMILES string of the molecule is CC(C)C(NS(=O)(=O)c1ccc(Br)cc1Br)C(N)=O. The third-order valence-electron chi connectivity index (χ3n) is 2.44. The Bertz CT molecular complexity index is 588. The molecule has 1 unspecified atom stereocenters. The van der Waals surface area contributed by atoms with Crippen LogP contribution in [-0.2, 0) is 14.8 Å². The van der Waals surface area contributed by atoms with Gasteiger partial charge in [-0.15, -0.1) is 0 Å². The zero-order valence-corrected chi connectivity index (χ0v) is 14.3. The molecular formula is C11H14Br2N2O3S. The van der Waals surface area contributed by atoms with Gasteiger partial charge in [-0.2, -0.15) is 4.72 Å². The summed E-state index contributed by atoms with van der Waals surface area (Å²) < 4.78 is 27.9. The highest BCUT2D eigenvalue weighted by molar-refractivity contribution is 9.11. The van der Waals surface area contributed by atoms with E-state index >= 15 is 0 Å². The first-order chi connectivity index (χ1) is 8.65. The van der Waals surface area contributed by atoms with Crippen molar-refractivity contribution in [2.75, 3.05) is 0 Å². The molecule has 5 nitrogen and oxygen atoms in total. The van der Waals surface area contributed by atoms with Crippen molar-refractivity contribution in [3.63, 3.8) is 0 Å². The van der Waals surface area contributed by atoms with E-state index in [9.17, 15) is 13.2 Å². The molecule has 0 bridgehead atoms. The average Bonchev–Trinajstić information content (AvgIpc) is 2.24. The molecule has 0 heterocycles. The Labute approximate surface area is 129 Å². The van der Waals surface area contributed by atoms with Crippen molar-refractivity contribution in [1.82, 2.24) is 4.72 Å². The Morgan fingerprint density at radius 2 is 1.89 bits per heavy atom. The molecule has 0 aliphatic rings. The molecule has 1 atom stereocenters. The number of benzene rings is 1. The van der Waals surface area contributed by atoms with Crippen LogP contribution in [0.1, 0.15) is 13.8 Å². The number of nitrogens with one attached hydrogen (secondary N) is 1. The van der Waals surface area contributed by atoms with Crippen LogP contribution in [0.5, 0.6) is 0 Å². The molecule has 0 aliphatic carbocycles. The molecule has 0 saturated heterocycles. The van der Waals surface area contributed by atoms with E-state index in [1.165, 1.54) is 6.07 Å². The van der Waals surface area contributed by atoms with E-state index in [2.05, 4.69) is 36.6 Å². The summed E-state index contributed by atoms with van der Waals surface area (Å²) in [5, 5.41) is 0. The zero-order valence-electron chi connectivity index (χ0n) is 10.4. The van der Waals surface area contributed by atoms with Crippen LogP contribution >= 0.6 is 31.9 Å². The minimum Gasteiger partial charge on any atom is -0.368 e. The smallest absolute Gasteiger partial charge is 0.242 e. The zero-order chi connectivity index (χ0) is 14.8. The maximum absolute atomic E-state index is 12.2. The number of rotatable bonds is 5. The number of carbonyl (C=O) groups excluding carboxylic acids is 1. The fraction of sp³-hybridized carbons (Fsp3) is 0.364. The summed E-state index contributed by atoms with van der Waals surface area (Å²) in [7, 11) is -3.82. The van der Waals surface area contributed by atoms with Crippen molar-refractivity contribution < 1.29 is 13.2 Å². The second kappa shape index (κ2) is 6.34. The highest BCUT2D eigenvalue weighted by Gasteiger charge is 2.27. The minimum atomic E-state index is -3.82. The lowest BCUT2D eigenvalue weighted by molar-refractivity contribution is -0.120. The number of amides is 1. The lowest BCUT2D eigenvalue weighted by Crippen LogP contribution is -2.47. The molecule has 3 N–H and O–H groups in total. The number of nitrogens with two attached hydrogens (primary N) is 1. The molecule has 0 radical (unpaired) electrons. The van der Waals surface area contributed by atoms with Crippen molar-refractivity contribution in [3.8, 4) is 0 Å². The van der Waals surface area contributed by atoms with Gasteiger partial charge in [0.1, 0.15) is 6.04 Å². The van der Waals surface area contributed by atoms with E-state index in [1.807, 2.05) is 0 Å². The van der Waals surface area contributed by atoms with Crippen LogP contribution in [0.2, 0.25) is 0 Å². The van der Waals surface area contributed by atoms with Crippen molar-refractivity contribution in [3.05, 3.63) is 27.1 Å². The van der Waals surface area contributed by atoms with Crippen molar-refractivity contribution >= 4 is 47.8 Å². The molecule has 19 heavy (non-hydrogen) atoms. The van der Waals surface area contributed by atoms with Crippen LogP contribution in [-0.4, -0.2) is 20.4 Å². The molecule has 8 heteroatoms. The van der Waals surface area contributed by atoms with Gasteiger partial charge in [0.05, 0.1) is 4.90 Å². The summed E-state index contributed by atoms with van der Waals surface area (Å²) >= 11 is 6.42. The summed E-state index contributed by atoms with van der Waals surface area (Å²) in [6.07, 6.45) is 0. The Morgan fingerprint density at radius 3 is 2.32 bits per heavy atom. The highest BCUT2D eigenvalue weighted by Crippen LogP contribution is 2.26. The molecule has 1 aromatic rings. The Balaban J connectivity index is 3.14. The van der Waals surface area contributed by atoms with E-state index in [4.69, 9.17) is 5.73 Å².